The topological polar surface area (TPSA) is 68.8 Å². The van der Waals surface area contributed by atoms with E-state index in [-0.39, 0.29) is 18.5 Å². The Kier molecular flexibility index (Phi) is 6.29. The quantitative estimate of drug-likeness (QED) is 0.785. The molecular formula is C20H23ClN2O4. The normalized spacial score (nSPS) is 14.0. The van der Waals surface area contributed by atoms with E-state index >= 15 is 0 Å². The van der Waals surface area contributed by atoms with E-state index in [9.17, 15) is 4.79 Å². The van der Waals surface area contributed by atoms with Crippen LogP contribution in [0.4, 0.5) is 5.69 Å². The predicted molar refractivity (Wildman–Crippen MR) is 105 cm³/mol. The molecule has 6 nitrogen and oxygen atoms in total. The molecule has 144 valence electrons. The summed E-state index contributed by atoms with van der Waals surface area (Å²) in [7, 11) is 1.61. The van der Waals surface area contributed by atoms with E-state index in [0.29, 0.717) is 35.4 Å². The maximum Gasteiger partial charge on any atom is 0.239 e. The summed E-state index contributed by atoms with van der Waals surface area (Å²) >= 11 is 6.29. The van der Waals surface area contributed by atoms with Crippen LogP contribution in [0.15, 0.2) is 36.4 Å². The number of hydrogen-bond acceptors (Lipinski definition) is 5. The molecule has 1 atom stereocenters. The van der Waals surface area contributed by atoms with Gasteiger partial charge in [-0.3, -0.25) is 4.79 Å². The number of halogens is 1. The minimum absolute atomic E-state index is 0.0822. The summed E-state index contributed by atoms with van der Waals surface area (Å²) in [4.78, 5) is 12.3. The SMILES string of the molecule is COc1ccccc1C(C)NC(=O)CNc1cc2c(cc1Cl)OCCCO2. The van der Waals surface area contributed by atoms with Crippen LogP contribution >= 0.6 is 11.6 Å². The van der Waals surface area contributed by atoms with E-state index < -0.39 is 0 Å². The van der Waals surface area contributed by atoms with Crippen molar-refractivity contribution in [1.82, 2.24) is 5.32 Å². The van der Waals surface area contributed by atoms with Crippen LogP contribution in [-0.4, -0.2) is 32.8 Å². The first-order valence-electron chi connectivity index (χ1n) is 8.83. The number of methoxy groups -OCH3 is 1. The molecule has 0 aliphatic carbocycles. The van der Waals surface area contributed by atoms with E-state index in [1.807, 2.05) is 31.2 Å². The first-order valence-corrected chi connectivity index (χ1v) is 9.21. The third kappa shape index (κ3) is 4.77. The highest BCUT2D eigenvalue weighted by Crippen LogP contribution is 2.37. The fraction of sp³-hybridized carbons (Fsp3) is 0.350. The van der Waals surface area contributed by atoms with Crippen molar-refractivity contribution >= 4 is 23.2 Å². The Hall–Kier alpha value is -2.60. The minimum Gasteiger partial charge on any atom is -0.496 e. The van der Waals surface area contributed by atoms with Gasteiger partial charge in [0, 0.05) is 24.1 Å². The van der Waals surface area contributed by atoms with Crippen LogP contribution in [0.3, 0.4) is 0 Å². The fourth-order valence-electron chi connectivity index (χ4n) is 2.89. The molecule has 0 fully saturated rings. The lowest BCUT2D eigenvalue weighted by Crippen LogP contribution is -2.32. The molecule has 1 unspecified atom stereocenters. The van der Waals surface area contributed by atoms with Gasteiger partial charge in [0.25, 0.3) is 0 Å². The molecule has 2 N–H and O–H groups in total. The van der Waals surface area contributed by atoms with Crippen LogP contribution in [0.25, 0.3) is 0 Å². The Bertz CT molecular complexity index is 813. The number of nitrogens with one attached hydrogen (secondary N) is 2. The van der Waals surface area contributed by atoms with E-state index in [1.165, 1.54) is 0 Å². The molecule has 1 heterocycles. The van der Waals surface area contributed by atoms with Gasteiger partial charge in [0.05, 0.1) is 43.6 Å². The number of para-hydroxylation sites is 1. The van der Waals surface area contributed by atoms with Crippen molar-refractivity contribution < 1.29 is 19.0 Å². The molecule has 0 saturated heterocycles. The van der Waals surface area contributed by atoms with Gasteiger partial charge in [-0.15, -0.1) is 0 Å². The number of rotatable bonds is 6. The zero-order chi connectivity index (χ0) is 19.2. The number of benzene rings is 2. The first kappa shape index (κ1) is 19.2. The predicted octanol–water partition coefficient (Wildman–Crippen LogP) is 3.80. The van der Waals surface area contributed by atoms with Gasteiger partial charge in [-0.2, -0.15) is 0 Å². The third-order valence-corrected chi connectivity index (χ3v) is 4.57. The summed E-state index contributed by atoms with van der Waals surface area (Å²) < 4.78 is 16.6. The van der Waals surface area contributed by atoms with E-state index in [0.717, 1.165) is 17.7 Å². The van der Waals surface area contributed by atoms with Crippen LogP contribution in [0.5, 0.6) is 17.2 Å². The lowest BCUT2D eigenvalue weighted by molar-refractivity contribution is -0.120. The zero-order valence-corrected chi connectivity index (χ0v) is 16.1. The molecule has 0 bridgehead atoms. The Morgan fingerprint density at radius 3 is 2.67 bits per heavy atom. The van der Waals surface area contributed by atoms with Gasteiger partial charge in [-0.1, -0.05) is 29.8 Å². The number of amides is 1. The van der Waals surface area contributed by atoms with Crippen molar-refractivity contribution in [2.24, 2.45) is 0 Å². The summed E-state index contributed by atoms with van der Waals surface area (Å²) in [6.45, 7) is 3.18. The van der Waals surface area contributed by atoms with Gasteiger partial charge in [0.1, 0.15) is 5.75 Å². The van der Waals surface area contributed by atoms with Gasteiger partial charge in [0.15, 0.2) is 11.5 Å². The van der Waals surface area contributed by atoms with Gasteiger partial charge in [0.2, 0.25) is 5.91 Å². The molecule has 0 saturated carbocycles. The molecule has 0 radical (unpaired) electrons. The van der Waals surface area contributed by atoms with Gasteiger partial charge in [-0.05, 0) is 13.0 Å². The monoisotopic (exact) mass is 390 g/mol. The second-order valence-electron chi connectivity index (χ2n) is 6.21. The van der Waals surface area contributed by atoms with E-state index in [1.54, 1.807) is 19.2 Å². The Balaban J connectivity index is 1.61. The highest BCUT2D eigenvalue weighted by Gasteiger charge is 2.16. The number of hydrogen-bond donors (Lipinski definition) is 2. The molecule has 1 aliphatic rings. The maximum absolute atomic E-state index is 12.3. The second kappa shape index (κ2) is 8.86. The lowest BCUT2D eigenvalue weighted by atomic mass is 10.1. The Morgan fingerprint density at radius 1 is 1.22 bits per heavy atom. The molecule has 0 aromatic heterocycles. The highest BCUT2D eigenvalue weighted by atomic mass is 35.5. The van der Waals surface area contributed by atoms with Crippen molar-refractivity contribution in [3.63, 3.8) is 0 Å². The maximum atomic E-state index is 12.3. The number of carbonyl (C=O) groups excluding carboxylic acids is 1. The first-order chi connectivity index (χ1) is 13.1. The third-order valence-electron chi connectivity index (χ3n) is 4.26. The molecule has 1 aliphatic heterocycles. The van der Waals surface area contributed by atoms with Crippen molar-refractivity contribution in [2.45, 2.75) is 19.4 Å². The Morgan fingerprint density at radius 2 is 1.93 bits per heavy atom. The van der Waals surface area contributed by atoms with Gasteiger partial charge >= 0.3 is 0 Å². The Labute approximate surface area is 163 Å². The molecule has 7 heteroatoms. The molecular weight excluding hydrogens is 368 g/mol. The average molecular weight is 391 g/mol. The van der Waals surface area contributed by atoms with Crippen LogP contribution in [0.1, 0.15) is 24.9 Å². The van der Waals surface area contributed by atoms with E-state index in [2.05, 4.69) is 10.6 Å². The molecule has 1 amide bonds. The summed E-state index contributed by atoms with van der Waals surface area (Å²) in [5.74, 6) is 1.83. The summed E-state index contributed by atoms with van der Waals surface area (Å²) in [5, 5.41) is 6.49. The van der Waals surface area contributed by atoms with Crippen molar-refractivity contribution in [3.8, 4) is 17.2 Å². The molecule has 27 heavy (non-hydrogen) atoms. The number of carbonyl (C=O) groups is 1. The standard InChI is InChI=1S/C20H23ClN2O4/c1-13(14-6-3-4-7-17(14)25-2)23-20(24)12-22-16-11-19-18(10-15(16)21)26-8-5-9-27-19/h3-4,6-7,10-11,13,22H,5,8-9,12H2,1-2H3,(H,23,24). The summed E-state index contributed by atoms with van der Waals surface area (Å²) in [5.41, 5.74) is 1.54. The summed E-state index contributed by atoms with van der Waals surface area (Å²) in [6.07, 6.45) is 0.818. The largest absolute Gasteiger partial charge is 0.496 e. The van der Waals surface area contributed by atoms with Crippen LogP contribution < -0.4 is 24.8 Å². The smallest absolute Gasteiger partial charge is 0.239 e. The number of fused-ring (bicyclic) bond motifs is 1. The van der Waals surface area contributed by atoms with Crippen LogP contribution in [0, 0.1) is 0 Å². The van der Waals surface area contributed by atoms with Gasteiger partial charge < -0.3 is 24.8 Å². The molecule has 0 spiro atoms. The van der Waals surface area contributed by atoms with Crippen molar-refractivity contribution in [1.29, 1.82) is 0 Å². The second-order valence-corrected chi connectivity index (χ2v) is 6.62. The molecule has 2 aromatic carbocycles. The average Bonchev–Trinajstić information content (AvgIpc) is 2.90. The number of ether oxygens (including phenoxy) is 3. The van der Waals surface area contributed by atoms with E-state index in [4.69, 9.17) is 25.8 Å². The van der Waals surface area contributed by atoms with Crippen molar-refractivity contribution in [3.05, 3.63) is 47.0 Å². The molecule has 3 rings (SSSR count). The lowest BCUT2D eigenvalue weighted by Gasteiger charge is -2.18. The van der Waals surface area contributed by atoms with Crippen LogP contribution in [-0.2, 0) is 4.79 Å². The fourth-order valence-corrected chi connectivity index (χ4v) is 3.11. The summed E-state index contributed by atoms with van der Waals surface area (Å²) in [6, 6.07) is 10.9. The van der Waals surface area contributed by atoms with Crippen molar-refractivity contribution in [2.75, 3.05) is 32.2 Å². The number of anilines is 1. The zero-order valence-electron chi connectivity index (χ0n) is 15.4. The minimum atomic E-state index is -0.185. The highest BCUT2D eigenvalue weighted by molar-refractivity contribution is 6.33. The van der Waals surface area contributed by atoms with Gasteiger partial charge in [-0.25, -0.2) is 0 Å². The van der Waals surface area contributed by atoms with Crippen LogP contribution in [0.2, 0.25) is 5.02 Å². The molecule has 2 aromatic rings.